The van der Waals surface area contributed by atoms with Crippen LogP contribution in [0.2, 0.25) is 0 Å². The molecule has 3 N–H and O–H groups in total. The molecule has 4 aromatic rings. The van der Waals surface area contributed by atoms with Crippen molar-refractivity contribution in [1.29, 1.82) is 0 Å². The molecule has 10 heteroatoms. The van der Waals surface area contributed by atoms with Crippen molar-refractivity contribution >= 4 is 46.3 Å². The van der Waals surface area contributed by atoms with E-state index in [1.54, 1.807) is 18.2 Å². The fraction of sp³-hybridized carbons (Fsp3) is 0.192. The van der Waals surface area contributed by atoms with Gasteiger partial charge in [-0.05, 0) is 73.9 Å². The predicted molar refractivity (Wildman–Crippen MR) is 140 cm³/mol. The molecule has 0 bridgehead atoms. The molecule has 0 radical (unpaired) electrons. The Kier molecular flexibility index (Phi) is 7.42. The zero-order valence-electron chi connectivity index (χ0n) is 19.5. The lowest BCUT2D eigenvalue weighted by molar-refractivity contribution is -0.118. The number of hydrogen-bond donors (Lipinski definition) is 3. The third-order valence-electron chi connectivity index (χ3n) is 5.67. The molecular formula is C26H24ClN3O5S. The van der Waals surface area contributed by atoms with E-state index in [9.17, 15) is 14.7 Å². The molecule has 1 aliphatic rings. The number of aromatic amines is 1. The van der Waals surface area contributed by atoms with Crippen LogP contribution in [0.5, 0.6) is 23.0 Å². The summed E-state index contributed by atoms with van der Waals surface area (Å²) in [6.45, 7) is 3.78. The maximum absolute atomic E-state index is 11.8. The van der Waals surface area contributed by atoms with Crippen LogP contribution in [0, 0.1) is 6.92 Å². The second-order valence-electron chi connectivity index (χ2n) is 8.34. The van der Waals surface area contributed by atoms with Gasteiger partial charge >= 0.3 is 0 Å². The molecule has 2 unspecified atom stereocenters. The number of aromatic nitrogens is 2. The van der Waals surface area contributed by atoms with Crippen molar-refractivity contribution in [1.82, 2.24) is 15.3 Å². The zero-order valence-corrected chi connectivity index (χ0v) is 21.1. The molecule has 8 nitrogen and oxygen atoms in total. The lowest BCUT2D eigenvalue weighted by atomic mass is 10.1. The summed E-state index contributed by atoms with van der Waals surface area (Å²) in [5, 5.41) is 11.2. The van der Waals surface area contributed by atoms with E-state index in [2.05, 4.69) is 15.3 Å². The van der Waals surface area contributed by atoms with E-state index in [1.807, 2.05) is 56.3 Å². The first kappa shape index (κ1) is 25.4. The van der Waals surface area contributed by atoms with Gasteiger partial charge in [0.1, 0.15) is 28.8 Å². The van der Waals surface area contributed by atoms with Crippen LogP contribution >= 0.6 is 24.2 Å². The van der Waals surface area contributed by atoms with E-state index in [4.69, 9.17) is 9.47 Å². The van der Waals surface area contributed by atoms with E-state index in [1.165, 1.54) is 0 Å². The van der Waals surface area contributed by atoms with E-state index < -0.39 is 5.25 Å². The molecule has 2 atom stereocenters. The summed E-state index contributed by atoms with van der Waals surface area (Å²) in [5.41, 5.74) is 3.40. The lowest BCUT2D eigenvalue weighted by Gasteiger charge is -2.13. The van der Waals surface area contributed by atoms with Crippen molar-refractivity contribution in [3.63, 3.8) is 0 Å². The van der Waals surface area contributed by atoms with Crippen molar-refractivity contribution in [2.75, 3.05) is 0 Å². The summed E-state index contributed by atoms with van der Waals surface area (Å²) >= 11 is 1.02. The highest BCUT2D eigenvalue weighted by molar-refractivity contribution is 8.15. The normalized spacial score (nSPS) is 15.9. The Bertz CT molecular complexity index is 1420. The molecule has 0 spiro atoms. The van der Waals surface area contributed by atoms with Crippen molar-refractivity contribution in [2.45, 2.75) is 31.6 Å². The maximum Gasteiger partial charge on any atom is 0.286 e. The molecule has 1 aromatic heterocycles. The number of imidazole rings is 1. The minimum Gasteiger partial charge on any atom is -0.508 e. The van der Waals surface area contributed by atoms with Crippen molar-refractivity contribution < 1.29 is 24.2 Å². The third kappa shape index (κ3) is 5.58. The van der Waals surface area contributed by atoms with Crippen LogP contribution < -0.4 is 14.8 Å². The van der Waals surface area contributed by atoms with Gasteiger partial charge in [-0.2, -0.15) is 0 Å². The quantitative estimate of drug-likeness (QED) is 0.278. The van der Waals surface area contributed by atoms with E-state index in [-0.39, 0.29) is 35.4 Å². The SMILES string of the molecule is Cc1cc(O)ccc1Oc1ccc2nc(C(C)Oc3ccc(CC4SC(=O)NC4=O)cc3)[nH]c2c1.Cl. The van der Waals surface area contributed by atoms with E-state index >= 15 is 0 Å². The Labute approximate surface area is 217 Å². The number of halogens is 1. The lowest BCUT2D eigenvalue weighted by Crippen LogP contribution is -2.25. The van der Waals surface area contributed by atoms with Gasteiger partial charge in [0.05, 0.1) is 16.3 Å². The number of carbonyl (C=O) groups is 2. The zero-order chi connectivity index (χ0) is 24.5. The number of nitrogens with one attached hydrogen (secondary N) is 2. The van der Waals surface area contributed by atoms with Gasteiger partial charge in [-0.3, -0.25) is 14.9 Å². The van der Waals surface area contributed by atoms with E-state index in [0.29, 0.717) is 29.5 Å². The smallest absolute Gasteiger partial charge is 0.286 e. The first-order valence-corrected chi connectivity index (χ1v) is 12.0. The summed E-state index contributed by atoms with van der Waals surface area (Å²) in [6.07, 6.45) is 0.154. The maximum atomic E-state index is 11.8. The number of H-pyrrole nitrogens is 1. The largest absolute Gasteiger partial charge is 0.508 e. The molecule has 1 aliphatic heterocycles. The Hall–Kier alpha value is -3.69. The Morgan fingerprint density at radius 1 is 1.06 bits per heavy atom. The number of rotatable bonds is 7. The molecule has 1 saturated heterocycles. The average Bonchev–Trinajstić information content (AvgIpc) is 3.39. The van der Waals surface area contributed by atoms with Crippen LogP contribution in [0.1, 0.15) is 30.0 Å². The van der Waals surface area contributed by atoms with Crippen LogP contribution in [0.3, 0.4) is 0 Å². The Morgan fingerprint density at radius 2 is 1.81 bits per heavy atom. The number of amides is 2. The monoisotopic (exact) mass is 525 g/mol. The van der Waals surface area contributed by atoms with Crippen molar-refractivity contribution in [3.05, 3.63) is 77.6 Å². The van der Waals surface area contributed by atoms with Gasteiger partial charge in [-0.1, -0.05) is 23.9 Å². The number of fused-ring (bicyclic) bond motifs is 1. The molecule has 3 aromatic carbocycles. The van der Waals surface area contributed by atoms with Crippen LogP contribution in [0.4, 0.5) is 4.79 Å². The molecule has 0 aliphatic carbocycles. The number of aromatic hydroxyl groups is 1. The number of imide groups is 1. The molecular weight excluding hydrogens is 502 g/mol. The number of phenolic OH excluding ortho intramolecular Hbond substituents is 1. The number of phenols is 1. The summed E-state index contributed by atoms with van der Waals surface area (Å²) in [7, 11) is 0. The average molecular weight is 526 g/mol. The van der Waals surface area contributed by atoms with Gasteiger partial charge < -0.3 is 19.6 Å². The van der Waals surface area contributed by atoms with Crippen LogP contribution in [0.25, 0.3) is 11.0 Å². The molecule has 36 heavy (non-hydrogen) atoms. The number of nitrogens with zero attached hydrogens (tertiary/aromatic N) is 1. The number of hydrogen-bond acceptors (Lipinski definition) is 7. The van der Waals surface area contributed by atoms with Gasteiger partial charge in [0.2, 0.25) is 5.91 Å². The minimum atomic E-state index is -0.393. The fourth-order valence-corrected chi connectivity index (χ4v) is 4.70. The standard InChI is InChI=1S/C26H23N3O5S.ClH/c1-14-11-17(30)5-10-22(14)34-19-8-9-20-21(13-19)28-24(27-20)15(2)33-18-6-3-16(4-7-18)12-23-25(31)29-26(32)35-23;/h3-11,13,15,23,30H,12H2,1-2H3,(H,27,28)(H,29,31,32);1H. The summed E-state index contributed by atoms with van der Waals surface area (Å²) in [6, 6.07) is 18.1. The number of ether oxygens (including phenoxy) is 2. The topological polar surface area (TPSA) is 114 Å². The number of aryl methyl sites for hydroxylation is 1. The number of carbonyl (C=O) groups excluding carboxylic acids is 2. The molecule has 186 valence electrons. The molecule has 2 heterocycles. The fourth-order valence-electron chi connectivity index (χ4n) is 3.85. The van der Waals surface area contributed by atoms with Crippen molar-refractivity contribution in [2.24, 2.45) is 0 Å². The Morgan fingerprint density at radius 3 is 2.50 bits per heavy atom. The highest BCUT2D eigenvalue weighted by Crippen LogP contribution is 2.30. The van der Waals surface area contributed by atoms with Gasteiger partial charge in [-0.25, -0.2) is 4.98 Å². The van der Waals surface area contributed by atoms with E-state index in [0.717, 1.165) is 33.9 Å². The first-order chi connectivity index (χ1) is 16.8. The van der Waals surface area contributed by atoms with Gasteiger partial charge in [0.25, 0.3) is 5.24 Å². The van der Waals surface area contributed by atoms with Gasteiger partial charge in [-0.15, -0.1) is 12.4 Å². The Balaban J connectivity index is 0.00000304. The molecule has 5 rings (SSSR count). The summed E-state index contributed by atoms with van der Waals surface area (Å²) < 4.78 is 12.0. The first-order valence-electron chi connectivity index (χ1n) is 11.1. The number of benzene rings is 3. The molecule has 1 fully saturated rings. The highest BCUT2D eigenvalue weighted by Gasteiger charge is 2.31. The highest BCUT2D eigenvalue weighted by atomic mass is 35.5. The predicted octanol–water partition coefficient (Wildman–Crippen LogP) is 5.83. The number of thioether (sulfide) groups is 1. The van der Waals surface area contributed by atoms with Gasteiger partial charge in [0, 0.05) is 6.07 Å². The van der Waals surface area contributed by atoms with Crippen LogP contribution in [0.15, 0.2) is 60.7 Å². The van der Waals surface area contributed by atoms with Crippen LogP contribution in [-0.4, -0.2) is 31.5 Å². The molecule has 0 saturated carbocycles. The third-order valence-corrected chi connectivity index (χ3v) is 6.65. The summed E-state index contributed by atoms with van der Waals surface area (Å²) in [5.74, 6) is 2.63. The van der Waals surface area contributed by atoms with Gasteiger partial charge in [0.15, 0.2) is 6.10 Å². The van der Waals surface area contributed by atoms with Crippen molar-refractivity contribution in [3.8, 4) is 23.0 Å². The minimum absolute atomic E-state index is 0. The molecule has 2 amide bonds. The second kappa shape index (κ2) is 10.5. The summed E-state index contributed by atoms with van der Waals surface area (Å²) in [4.78, 5) is 31.0. The van der Waals surface area contributed by atoms with Crippen LogP contribution in [-0.2, 0) is 11.2 Å². The second-order valence-corrected chi connectivity index (χ2v) is 9.52.